The molecule has 0 spiro atoms. The summed E-state index contributed by atoms with van der Waals surface area (Å²) in [5.41, 5.74) is 3.91. The Morgan fingerprint density at radius 2 is 1.79 bits per heavy atom. The predicted molar refractivity (Wildman–Crippen MR) is 78.5 cm³/mol. The minimum absolute atomic E-state index is 0.0202. The molecule has 2 nitrogen and oxygen atoms in total. The zero-order chi connectivity index (χ0) is 14.2. The molecule has 2 rings (SSSR count). The van der Waals surface area contributed by atoms with Crippen molar-refractivity contribution in [2.45, 2.75) is 39.5 Å². The van der Waals surface area contributed by atoms with E-state index < -0.39 is 0 Å². The van der Waals surface area contributed by atoms with Crippen molar-refractivity contribution in [3.63, 3.8) is 0 Å². The zero-order valence-electron chi connectivity index (χ0n) is 11.9. The van der Waals surface area contributed by atoms with Crippen molar-refractivity contribution >= 4 is 0 Å². The van der Waals surface area contributed by atoms with Crippen LogP contribution >= 0.6 is 0 Å². The Morgan fingerprint density at radius 1 is 1.21 bits per heavy atom. The van der Waals surface area contributed by atoms with Gasteiger partial charge in [-0.05, 0) is 57.2 Å². The van der Waals surface area contributed by atoms with Crippen molar-refractivity contribution in [2.75, 3.05) is 0 Å². The van der Waals surface area contributed by atoms with Crippen LogP contribution in [0.3, 0.4) is 0 Å². The molecule has 0 radical (unpaired) electrons. The number of phenolic OH excluding ortho intramolecular Hbond substituents is 2. The third-order valence-corrected chi connectivity index (χ3v) is 3.99. The Labute approximate surface area is 115 Å². The number of aromatic hydroxyl groups is 2. The van der Waals surface area contributed by atoms with Crippen LogP contribution in [0.1, 0.15) is 43.7 Å². The lowest BCUT2D eigenvalue weighted by atomic mass is 9.74. The van der Waals surface area contributed by atoms with Crippen LogP contribution in [0.4, 0.5) is 0 Å². The van der Waals surface area contributed by atoms with Crippen LogP contribution < -0.4 is 0 Å². The van der Waals surface area contributed by atoms with Crippen LogP contribution in [0, 0.1) is 12.8 Å². The number of hydrogen-bond donors (Lipinski definition) is 2. The second kappa shape index (κ2) is 5.12. The highest BCUT2D eigenvalue weighted by Gasteiger charge is 2.29. The molecule has 1 aliphatic rings. The highest BCUT2D eigenvalue weighted by molar-refractivity contribution is 5.51. The number of benzene rings is 1. The van der Waals surface area contributed by atoms with Gasteiger partial charge in [-0.3, -0.25) is 0 Å². The Bertz CT molecular complexity index is 517. The molecule has 1 aromatic rings. The van der Waals surface area contributed by atoms with Crippen LogP contribution in [-0.2, 0) is 0 Å². The lowest BCUT2D eigenvalue weighted by Crippen LogP contribution is -2.17. The summed E-state index contributed by atoms with van der Waals surface area (Å²) in [5.74, 6) is 0.662. The molecule has 102 valence electrons. The Balaban J connectivity index is 2.54. The lowest BCUT2D eigenvalue weighted by molar-refractivity contribution is 0.406. The Morgan fingerprint density at radius 3 is 2.32 bits per heavy atom. The molecule has 0 heterocycles. The summed E-state index contributed by atoms with van der Waals surface area (Å²) in [5, 5.41) is 20.4. The number of allylic oxidation sites excluding steroid dienone is 3. The summed E-state index contributed by atoms with van der Waals surface area (Å²) in [6.07, 6.45) is 4.24. The van der Waals surface area contributed by atoms with Gasteiger partial charge in [-0.1, -0.05) is 23.8 Å². The molecule has 0 aromatic heterocycles. The fraction of sp³-hybridized carbons (Fsp3) is 0.412. The minimum Gasteiger partial charge on any atom is -0.507 e. The van der Waals surface area contributed by atoms with Gasteiger partial charge >= 0.3 is 0 Å². The number of aryl methyl sites for hydroxylation is 1. The molecule has 19 heavy (non-hydrogen) atoms. The molecular weight excluding hydrogens is 236 g/mol. The summed E-state index contributed by atoms with van der Waals surface area (Å²) in [6.45, 7) is 10.0. The van der Waals surface area contributed by atoms with Crippen molar-refractivity contribution in [1.82, 2.24) is 0 Å². The molecule has 0 amide bonds. The maximum Gasteiger partial charge on any atom is 0.123 e. The number of rotatable bonds is 2. The van der Waals surface area contributed by atoms with Crippen molar-refractivity contribution in [1.29, 1.82) is 0 Å². The van der Waals surface area contributed by atoms with Crippen molar-refractivity contribution in [2.24, 2.45) is 5.92 Å². The first-order valence-corrected chi connectivity index (χ1v) is 6.75. The molecule has 2 N–H and O–H groups in total. The summed E-state index contributed by atoms with van der Waals surface area (Å²) in [4.78, 5) is 0. The largest absolute Gasteiger partial charge is 0.507 e. The first kappa shape index (κ1) is 13.7. The van der Waals surface area contributed by atoms with E-state index >= 15 is 0 Å². The van der Waals surface area contributed by atoms with Gasteiger partial charge in [-0.2, -0.15) is 0 Å². The van der Waals surface area contributed by atoms with E-state index in [4.69, 9.17) is 0 Å². The van der Waals surface area contributed by atoms with E-state index in [1.54, 1.807) is 12.1 Å². The van der Waals surface area contributed by atoms with E-state index in [2.05, 4.69) is 19.6 Å². The number of phenols is 2. The second-order valence-corrected chi connectivity index (χ2v) is 5.75. The Hall–Kier alpha value is -1.70. The molecule has 2 heteroatoms. The lowest BCUT2D eigenvalue weighted by Gasteiger charge is -2.31. The van der Waals surface area contributed by atoms with Crippen molar-refractivity contribution in [3.8, 4) is 11.5 Å². The molecule has 0 saturated heterocycles. The third kappa shape index (κ3) is 2.67. The van der Waals surface area contributed by atoms with E-state index in [1.807, 2.05) is 13.8 Å². The summed E-state index contributed by atoms with van der Waals surface area (Å²) in [6, 6.07) is 3.42. The zero-order valence-corrected chi connectivity index (χ0v) is 11.9. The SMILES string of the molecule is C=C(C)C1CCC(C)=CC1c1c(O)cc(C)cc1O. The topological polar surface area (TPSA) is 40.5 Å². The summed E-state index contributed by atoms with van der Waals surface area (Å²) < 4.78 is 0. The van der Waals surface area contributed by atoms with Gasteiger partial charge in [0.1, 0.15) is 11.5 Å². The maximum atomic E-state index is 10.2. The van der Waals surface area contributed by atoms with Gasteiger partial charge in [0, 0.05) is 11.5 Å². The fourth-order valence-corrected chi connectivity index (χ4v) is 3.01. The van der Waals surface area contributed by atoms with Gasteiger partial charge in [-0.25, -0.2) is 0 Å². The normalized spacial score (nSPS) is 23.0. The highest BCUT2D eigenvalue weighted by atomic mass is 16.3. The predicted octanol–water partition coefficient (Wildman–Crippen LogP) is 4.42. The second-order valence-electron chi connectivity index (χ2n) is 5.75. The number of hydrogen-bond acceptors (Lipinski definition) is 2. The average molecular weight is 258 g/mol. The molecule has 2 atom stereocenters. The molecule has 0 fully saturated rings. The molecule has 2 unspecified atom stereocenters. The minimum atomic E-state index is 0.0202. The van der Waals surface area contributed by atoms with Gasteiger partial charge in [0.05, 0.1) is 0 Å². The van der Waals surface area contributed by atoms with E-state index in [0.717, 1.165) is 24.0 Å². The van der Waals surface area contributed by atoms with E-state index in [0.29, 0.717) is 5.56 Å². The fourth-order valence-electron chi connectivity index (χ4n) is 3.01. The van der Waals surface area contributed by atoms with Crippen LogP contribution in [0.15, 0.2) is 35.9 Å². The molecule has 1 aromatic carbocycles. The van der Waals surface area contributed by atoms with Crippen LogP contribution in [0.25, 0.3) is 0 Å². The molecule has 0 bridgehead atoms. The van der Waals surface area contributed by atoms with Gasteiger partial charge in [0.15, 0.2) is 0 Å². The van der Waals surface area contributed by atoms with Gasteiger partial charge in [0.2, 0.25) is 0 Å². The van der Waals surface area contributed by atoms with Crippen molar-refractivity contribution in [3.05, 3.63) is 47.1 Å². The first-order valence-electron chi connectivity index (χ1n) is 6.75. The monoisotopic (exact) mass is 258 g/mol. The highest BCUT2D eigenvalue weighted by Crippen LogP contribution is 2.46. The standard InChI is InChI=1S/C17H22O2/c1-10(2)13-6-5-11(3)7-14(13)17-15(18)8-12(4)9-16(17)19/h7-9,13-14,18-19H,1,5-6H2,2-4H3. The molecule has 0 saturated carbocycles. The van der Waals surface area contributed by atoms with Gasteiger partial charge < -0.3 is 10.2 Å². The van der Waals surface area contributed by atoms with Crippen LogP contribution in [0.2, 0.25) is 0 Å². The molecule has 0 aliphatic heterocycles. The summed E-state index contributed by atoms with van der Waals surface area (Å²) in [7, 11) is 0. The van der Waals surface area contributed by atoms with Gasteiger partial charge in [-0.15, -0.1) is 0 Å². The summed E-state index contributed by atoms with van der Waals surface area (Å²) >= 11 is 0. The third-order valence-electron chi connectivity index (χ3n) is 3.99. The van der Waals surface area contributed by atoms with E-state index in [9.17, 15) is 10.2 Å². The maximum absolute atomic E-state index is 10.2. The average Bonchev–Trinajstić information content (AvgIpc) is 2.27. The molecule has 1 aliphatic carbocycles. The molecular formula is C17H22O2. The van der Waals surface area contributed by atoms with E-state index in [-0.39, 0.29) is 23.3 Å². The van der Waals surface area contributed by atoms with E-state index in [1.165, 1.54) is 5.57 Å². The quantitative estimate of drug-likeness (QED) is 0.771. The van der Waals surface area contributed by atoms with Crippen LogP contribution in [-0.4, -0.2) is 10.2 Å². The van der Waals surface area contributed by atoms with Crippen LogP contribution in [0.5, 0.6) is 11.5 Å². The van der Waals surface area contributed by atoms with Gasteiger partial charge in [0.25, 0.3) is 0 Å². The smallest absolute Gasteiger partial charge is 0.123 e. The van der Waals surface area contributed by atoms with Crippen molar-refractivity contribution < 1.29 is 10.2 Å². The first-order chi connectivity index (χ1) is 8.90. The Kier molecular flexibility index (Phi) is 3.70.